The van der Waals surface area contributed by atoms with Gasteiger partial charge in [0, 0.05) is 6.20 Å². The van der Waals surface area contributed by atoms with Gasteiger partial charge in [-0.3, -0.25) is 4.57 Å². The first-order valence-electron chi connectivity index (χ1n) is 6.51. The summed E-state index contributed by atoms with van der Waals surface area (Å²) in [5, 5.41) is 9.23. The number of para-hydroxylation sites is 1. The minimum absolute atomic E-state index is 0.373. The molecule has 5 nitrogen and oxygen atoms in total. The van der Waals surface area contributed by atoms with E-state index >= 15 is 0 Å². The van der Waals surface area contributed by atoms with E-state index in [1.165, 1.54) is 17.0 Å². The van der Waals surface area contributed by atoms with Gasteiger partial charge in [0.25, 0.3) is 0 Å². The number of nitrogens with zero attached hydrogens (tertiary/aromatic N) is 2. The predicted octanol–water partition coefficient (Wildman–Crippen LogP) is 2.73. The van der Waals surface area contributed by atoms with Gasteiger partial charge in [-0.1, -0.05) is 30.3 Å². The van der Waals surface area contributed by atoms with Crippen molar-refractivity contribution in [3.8, 4) is 11.5 Å². The zero-order valence-electron chi connectivity index (χ0n) is 11.2. The summed E-state index contributed by atoms with van der Waals surface area (Å²) in [5.41, 5.74) is 0.445. The standard InChI is InChI=1S/C16H14N2O3/c19-16-17(9-10-18(16)20)12-13-5-4-8-15(11-13)21-14-6-2-1-3-7-14/h1-11,20H,12H2. The van der Waals surface area contributed by atoms with E-state index in [1.807, 2.05) is 54.6 Å². The lowest BCUT2D eigenvalue weighted by Crippen LogP contribution is -2.22. The maximum absolute atomic E-state index is 11.6. The normalized spacial score (nSPS) is 10.5. The highest BCUT2D eigenvalue weighted by Crippen LogP contribution is 2.21. The van der Waals surface area contributed by atoms with E-state index in [4.69, 9.17) is 4.74 Å². The molecule has 0 saturated carbocycles. The van der Waals surface area contributed by atoms with Crippen LogP contribution in [0.2, 0.25) is 0 Å². The van der Waals surface area contributed by atoms with Gasteiger partial charge in [0.2, 0.25) is 0 Å². The van der Waals surface area contributed by atoms with Crippen molar-refractivity contribution in [2.24, 2.45) is 0 Å². The highest BCUT2D eigenvalue weighted by Gasteiger charge is 2.04. The lowest BCUT2D eigenvalue weighted by atomic mass is 10.2. The number of rotatable bonds is 4. The molecule has 0 unspecified atom stereocenters. The van der Waals surface area contributed by atoms with Crippen LogP contribution >= 0.6 is 0 Å². The lowest BCUT2D eigenvalue weighted by Gasteiger charge is -2.07. The number of aromatic nitrogens is 2. The number of hydrogen-bond acceptors (Lipinski definition) is 3. The Morgan fingerprint density at radius 2 is 1.71 bits per heavy atom. The first-order valence-corrected chi connectivity index (χ1v) is 6.51. The molecule has 1 aromatic heterocycles. The Bertz CT molecular complexity index is 791. The van der Waals surface area contributed by atoms with Gasteiger partial charge in [0.1, 0.15) is 11.5 Å². The van der Waals surface area contributed by atoms with E-state index in [-0.39, 0.29) is 0 Å². The molecule has 3 aromatic rings. The van der Waals surface area contributed by atoms with Crippen molar-refractivity contribution in [1.82, 2.24) is 9.30 Å². The monoisotopic (exact) mass is 282 g/mol. The summed E-state index contributed by atoms with van der Waals surface area (Å²) < 4.78 is 7.73. The molecule has 3 rings (SSSR count). The molecular formula is C16H14N2O3. The molecule has 0 aliphatic rings. The molecule has 0 radical (unpaired) electrons. The average Bonchev–Trinajstić information content (AvgIpc) is 2.81. The molecule has 0 aliphatic heterocycles. The number of benzene rings is 2. The zero-order valence-corrected chi connectivity index (χ0v) is 11.2. The quantitative estimate of drug-likeness (QED) is 0.749. The SMILES string of the molecule is O=c1n(O)ccn1Cc1cccc(Oc2ccccc2)c1. The molecule has 0 bridgehead atoms. The Morgan fingerprint density at radius 3 is 2.43 bits per heavy atom. The van der Waals surface area contributed by atoms with Crippen LogP contribution in [0.1, 0.15) is 5.56 Å². The van der Waals surface area contributed by atoms with Crippen LogP contribution in [0.4, 0.5) is 0 Å². The molecule has 0 amide bonds. The van der Waals surface area contributed by atoms with Gasteiger partial charge in [-0.05, 0) is 29.8 Å². The number of ether oxygens (including phenoxy) is 1. The van der Waals surface area contributed by atoms with Crippen LogP contribution in [0, 0.1) is 0 Å². The highest BCUT2D eigenvalue weighted by atomic mass is 16.5. The molecule has 0 saturated heterocycles. The smallest absolute Gasteiger partial charge is 0.361 e. The summed E-state index contributed by atoms with van der Waals surface area (Å²) in [6.07, 6.45) is 2.85. The van der Waals surface area contributed by atoms with Crippen molar-refractivity contribution >= 4 is 0 Å². The Morgan fingerprint density at radius 1 is 0.952 bits per heavy atom. The molecule has 0 atom stereocenters. The maximum Gasteiger partial charge on any atom is 0.361 e. The van der Waals surface area contributed by atoms with Crippen LogP contribution in [-0.4, -0.2) is 14.5 Å². The van der Waals surface area contributed by atoms with E-state index in [2.05, 4.69) is 0 Å². The van der Waals surface area contributed by atoms with Gasteiger partial charge >= 0.3 is 5.69 Å². The third-order valence-corrected chi connectivity index (χ3v) is 3.06. The van der Waals surface area contributed by atoms with Gasteiger partial charge < -0.3 is 9.94 Å². The Hall–Kier alpha value is -2.95. The lowest BCUT2D eigenvalue weighted by molar-refractivity contribution is 0.173. The summed E-state index contributed by atoms with van der Waals surface area (Å²) in [4.78, 5) is 11.6. The molecule has 21 heavy (non-hydrogen) atoms. The fourth-order valence-corrected chi connectivity index (χ4v) is 2.05. The second-order valence-corrected chi connectivity index (χ2v) is 4.62. The van der Waals surface area contributed by atoms with Gasteiger partial charge in [-0.25, -0.2) is 4.79 Å². The summed E-state index contributed by atoms with van der Waals surface area (Å²) in [7, 11) is 0. The summed E-state index contributed by atoms with van der Waals surface area (Å²) in [6, 6.07) is 17.0. The van der Waals surface area contributed by atoms with E-state index in [0.717, 1.165) is 11.3 Å². The van der Waals surface area contributed by atoms with Crippen LogP contribution in [0.15, 0.2) is 71.8 Å². The van der Waals surface area contributed by atoms with Crippen molar-refractivity contribution in [3.05, 3.63) is 83.0 Å². The fourth-order valence-electron chi connectivity index (χ4n) is 2.05. The molecule has 2 aromatic carbocycles. The number of hydrogen-bond donors (Lipinski definition) is 1. The number of imidazole rings is 1. The second-order valence-electron chi connectivity index (χ2n) is 4.62. The van der Waals surface area contributed by atoms with Gasteiger partial charge in [-0.2, -0.15) is 0 Å². The van der Waals surface area contributed by atoms with Crippen LogP contribution in [0.5, 0.6) is 11.5 Å². The van der Waals surface area contributed by atoms with Gasteiger partial charge in [0.05, 0.1) is 12.7 Å². The van der Waals surface area contributed by atoms with Gasteiger partial charge in [0.15, 0.2) is 0 Å². The average molecular weight is 282 g/mol. The molecule has 1 heterocycles. The van der Waals surface area contributed by atoms with Crippen molar-refractivity contribution in [1.29, 1.82) is 0 Å². The van der Waals surface area contributed by atoms with E-state index in [0.29, 0.717) is 17.0 Å². The third kappa shape index (κ3) is 2.97. The highest BCUT2D eigenvalue weighted by molar-refractivity contribution is 5.33. The van der Waals surface area contributed by atoms with Crippen molar-refractivity contribution in [2.45, 2.75) is 6.54 Å². The largest absolute Gasteiger partial charge is 0.457 e. The van der Waals surface area contributed by atoms with E-state index < -0.39 is 5.69 Å². The topological polar surface area (TPSA) is 56.4 Å². The van der Waals surface area contributed by atoms with Crippen molar-refractivity contribution in [3.63, 3.8) is 0 Å². The molecular weight excluding hydrogens is 268 g/mol. The molecule has 0 spiro atoms. The third-order valence-electron chi connectivity index (χ3n) is 3.06. The Balaban J connectivity index is 1.80. The van der Waals surface area contributed by atoms with Crippen LogP contribution < -0.4 is 10.4 Å². The van der Waals surface area contributed by atoms with Crippen LogP contribution in [0.25, 0.3) is 0 Å². The van der Waals surface area contributed by atoms with Crippen molar-refractivity contribution < 1.29 is 9.94 Å². The fraction of sp³-hybridized carbons (Fsp3) is 0.0625. The van der Waals surface area contributed by atoms with Crippen LogP contribution in [-0.2, 0) is 6.54 Å². The minimum Gasteiger partial charge on any atom is -0.457 e. The maximum atomic E-state index is 11.6. The van der Waals surface area contributed by atoms with Crippen LogP contribution in [0.3, 0.4) is 0 Å². The summed E-state index contributed by atoms with van der Waals surface area (Å²) >= 11 is 0. The summed E-state index contributed by atoms with van der Waals surface area (Å²) in [5.74, 6) is 1.46. The second kappa shape index (κ2) is 5.58. The first kappa shape index (κ1) is 13.1. The van der Waals surface area contributed by atoms with E-state index in [1.54, 1.807) is 0 Å². The molecule has 5 heteroatoms. The Kier molecular flexibility index (Phi) is 3.47. The zero-order chi connectivity index (χ0) is 14.7. The Labute approximate surface area is 121 Å². The molecule has 0 fully saturated rings. The van der Waals surface area contributed by atoms with Crippen molar-refractivity contribution in [2.75, 3.05) is 0 Å². The predicted molar refractivity (Wildman–Crippen MR) is 77.9 cm³/mol. The molecule has 0 aliphatic carbocycles. The molecule has 1 N–H and O–H groups in total. The van der Waals surface area contributed by atoms with Gasteiger partial charge in [-0.15, -0.1) is 4.73 Å². The molecule has 106 valence electrons. The van der Waals surface area contributed by atoms with E-state index in [9.17, 15) is 10.0 Å². The first-order chi connectivity index (χ1) is 10.2. The minimum atomic E-state index is -0.468. The summed E-state index contributed by atoms with van der Waals surface area (Å²) in [6.45, 7) is 0.373.